The number of piperidine rings is 1. The number of hydrogen-bond acceptors (Lipinski definition) is 4. The van der Waals surface area contributed by atoms with Gasteiger partial charge in [0.25, 0.3) is 5.91 Å². The minimum absolute atomic E-state index is 0.123. The highest BCUT2D eigenvalue weighted by Crippen LogP contribution is 2.27. The van der Waals surface area contributed by atoms with Crippen LogP contribution in [0.25, 0.3) is 0 Å². The lowest BCUT2D eigenvalue weighted by Gasteiger charge is -2.26. The predicted octanol–water partition coefficient (Wildman–Crippen LogP) is 3.75. The molecule has 1 atom stereocenters. The standard InChI is InChI=1S/C22H28N2O4S/c1-3-20(17-10-6-4-7-11-17)23-22(25)19-16-18(12-13-21(19)28-2)29(26,27)24-14-8-5-9-15-24/h4,6-7,10-13,16,20H,3,5,8-9,14-15H2,1-2H3,(H,23,25). The van der Waals surface area contributed by atoms with Gasteiger partial charge in [0.05, 0.1) is 23.6 Å². The Morgan fingerprint density at radius 2 is 1.79 bits per heavy atom. The van der Waals surface area contributed by atoms with Crippen LogP contribution in [0.3, 0.4) is 0 Å². The first-order valence-corrected chi connectivity index (χ1v) is 11.5. The number of sulfonamides is 1. The van der Waals surface area contributed by atoms with Gasteiger partial charge in [-0.25, -0.2) is 8.42 Å². The molecule has 1 aliphatic rings. The molecule has 0 spiro atoms. The quantitative estimate of drug-likeness (QED) is 0.746. The van der Waals surface area contributed by atoms with E-state index in [1.165, 1.54) is 23.5 Å². The smallest absolute Gasteiger partial charge is 0.255 e. The van der Waals surface area contributed by atoms with Crippen molar-refractivity contribution in [2.45, 2.75) is 43.5 Å². The number of amides is 1. The van der Waals surface area contributed by atoms with E-state index >= 15 is 0 Å². The third-order valence-corrected chi connectivity index (χ3v) is 7.18. The molecule has 3 rings (SSSR count). The minimum atomic E-state index is -3.63. The minimum Gasteiger partial charge on any atom is -0.496 e. The van der Waals surface area contributed by atoms with Crippen LogP contribution in [-0.2, 0) is 10.0 Å². The van der Waals surface area contributed by atoms with Gasteiger partial charge in [-0.3, -0.25) is 4.79 Å². The fraction of sp³-hybridized carbons (Fsp3) is 0.409. The molecule has 1 heterocycles. The molecule has 2 aromatic carbocycles. The van der Waals surface area contributed by atoms with Gasteiger partial charge in [-0.1, -0.05) is 43.7 Å². The van der Waals surface area contributed by atoms with Crippen LogP contribution in [0, 0.1) is 0 Å². The zero-order chi connectivity index (χ0) is 20.9. The maximum atomic E-state index is 13.0. The van der Waals surface area contributed by atoms with E-state index in [-0.39, 0.29) is 22.4 Å². The molecule has 1 unspecified atom stereocenters. The fourth-order valence-electron chi connectivity index (χ4n) is 3.62. The highest BCUT2D eigenvalue weighted by molar-refractivity contribution is 7.89. The van der Waals surface area contributed by atoms with Crippen LogP contribution in [-0.4, -0.2) is 38.8 Å². The first-order chi connectivity index (χ1) is 14.0. The maximum absolute atomic E-state index is 13.0. The number of benzene rings is 2. The number of rotatable bonds is 7. The molecule has 1 N–H and O–H groups in total. The lowest BCUT2D eigenvalue weighted by atomic mass is 10.0. The Bertz CT molecular complexity index is 939. The number of carbonyl (C=O) groups is 1. The van der Waals surface area contributed by atoms with E-state index in [2.05, 4.69) is 5.32 Å². The predicted molar refractivity (Wildman–Crippen MR) is 113 cm³/mol. The van der Waals surface area contributed by atoms with E-state index in [0.717, 1.165) is 24.8 Å². The van der Waals surface area contributed by atoms with Gasteiger partial charge in [0.15, 0.2) is 0 Å². The summed E-state index contributed by atoms with van der Waals surface area (Å²) in [6, 6.07) is 14.0. The molecule has 0 radical (unpaired) electrons. The van der Waals surface area contributed by atoms with Crippen LogP contribution in [0.5, 0.6) is 5.75 Å². The Hall–Kier alpha value is -2.38. The summed E-state index contributed by atoms with van der Waals surface area (Å²) in [4.78, 5) is 13.1. The Balaban J connectivity index is 1.89. The number of nitrogens with zero attached hydrogens (tertiary/aromatic N) is 1. The van der Waals surface area contributed by atoms with Gasteiger partial charge in [-0.05, 0) is 43.0 Å². The van der Waals surface area contributed by atoms with Crippen LogP contribution in [0.1, 0.15) is 54.6 Å². The van der Waals surface area contributed by atoms with Gasteiger partial charge in [0, 0.05) is 13.1 Å². The normalized spacial score (nSPS) is 16.2. The van der Waals surface area contributed by atoms with E-state index in [9.17, 15) is 13.2 Å². The highest BCUT2D eigenvalue weighted by atomic mass is 32.2. The van der Waals surface area contributed by atoms with Gasteiger partial charge < -0.3 is 10.1 Å². The van der Waals surface area contributed by atoms with Crippen LogP contribution in [0.15, 0.2) is 53.4 Å². The second-order valence-corrected chi connectivity index (χ2v) is 9.11. The molecule has 1 aliphatic heterocycles. The molecule has 6 nitrogen and oxygen atoms in total. The lowest BCUT2D eigenvalue weighted by Crippen LogP contribution is -2.35. The zero-order valence-electron chi connectivity index (χ0n) is 16.9. The lowest BCUT2D eigenvalue weighted by molar-refractivity contribution is 0.0932. The van der Waals surface area contributed by atoms with E-state index in [1.807, 2.05) is 37.3 Å². The van der Waals surface area contributed by atoms with Crippen molar-refractivity contribution in [3.05, 3.63) is 59.7 Å². The van der Waals surface area contributed by atoms with Gasteiger partial charge in [-0.2, -0.15) is 4.31 Å². The molecule has 0 saturated carbocycles. The molecule has 1 saturated heterocycles. The first kappa shape index (κ1) is 21.3. The fourth-order valence-corrected chi connectivity index (χ4v) is 5.17. The molecule has 156 valence electrons. The van der Waals surface area contributed by atoms with Gasteiger partial charge in [0.2, 0.25) is 10.0 Å². The summed E-state index contributed by atoms with van der Waals surface area (Å²) in [6.45, 7) is 3.02. The number of methoxy groups -OCH3 is 1. The summed E-state index contributed by atoms with van der Waals surface area (Å²) in [7, 11) is -2.16. The van der Waals surface area contributed by atoms with Crippen molar-refractivity contribution in [2.24, 2.45) is 0 Å². The van der Waals surface area contributed by atoms with Crippen LogP contribution >= 0.6 is 0 Å². The van der Waals surface area contributed by atoms with Gasteiger partial charge >= 0.3 is 0 Å². The van der Waals surface area contributed by atoms with E-state index in [1.54, 1.807) is 6.07 Å². The summed E-state index contributed by atoms with van der Waals surface area (Å²) in [5, 5.41) is 3.00. The number of nitrogens with one attached hydrogen (secondary N) is 1. The Morgan fingerprint density at radius 1 is 1.10 bits per heavy atom. The van der Waals surface area contributed by atoms with E-state index in [4.69, 9.17) is 4.74 Å². The molecule has 0 aliphatic carbocycles. The van der Waals surface area contributed by atoms with Crippen LogP contribution in [0.2, 0.25) is 0 Å². The number of ether oxygens (including phenoxy) is 1. The van der Waals surface area contributed by atoms with Crippen molar-refractivity contribution in [3.8, 4) is 5.75 Å². The van der Waals surface area contributed by atoms with Crippen LogP contribution < -0.4 is 10.1 Å². The summed E-state index contributed by atoms with van der Waals surface area (Å²) in [6.07, 6.45) is 3.47. The second-order valence-electron chi connectivity index (χ2n) is 7.17. The Morgan fingerprint density at radius 3 is 2.41 bits per heavy atom. The highest BCUT2D eigenvalue weighted by Gasteiger charge is 2.28. The molecule has 1 amide bonds. The van der Waals surface area contributed by atoms with E-state index < -0.39 is 10.0 Å². The monoisotopic (exact) mass is 416 g/mol. The molecular formula is C22H28N2O4S. The van der Waals surface area contributed by atoms with Gasteiger partial charge in [-0.15, -0.1) is 0 Å². The number of hydrogen-bond donors (Lipinski definition) is 1. The molecule has 0 bridgehead atoms. The van der Waals surface area contributed by atoms with Crippen molar-refractivity contribution in [1.82, 2.24) is 9.62 Å². The summed E-state index contributed by atoms with van der Waals surface area (Å²) in [5.41, 5.74) is 1.22. The van der Waals surface area contributed by atoms with Gasteiger partial charge in [0.1, 0.15) is 5.75 Å². The SMILES string of the molecule is CCC(NC(=O)c1cc(S(=O)(=O)N2CCCCC2)ccc1OC)c1ccccc1. The molecule has 29 heavy (non-hydrogen) atoms. The van der Waals surface area contributed by atoms with E-state index in [0.29, 0.717) is 25.3 Å². The topological polar surface area (TPSA) is 75.7 Å². The molecule has 2 aromatic rings. The molecule has 0 aromatic heterocycles. The average Bonchev–Trinajstić information content (AvgIpc) is 2.78. The summed E-state index contributed by atoms with van der Waals surface area (Å²) < 4.78 is 32.9. The summed E-state index contributed by atoms with van der Waals surface area (Å²) in [5.74, 6) is -0.00347. The van der Waals surface area contributed by atoms with Crippen molar-refractivity contribution in [3.63, 3.8) is 0 Å². The Labute approximate surface area is 172 Å². The zero-order valence-corrected chi connectivity index (χ0v) is 17.7. The Kier molecular flexibility index (Phi) is 6.92. The number of carbonyl (C=O) groups excluding carboxylic acids is 1. The van der Waals surface area contributed by atoms with Crippen molar-refractivity contribution in [1.29, 1.82) is 0 Å². The molecule has 1 fully saturated rings. The first-order valence-electron chi connectivity index (χ1n) is 10.0. The molecule has 7 heteroatoms. The average molecular weight is 417 g/mol. The van der Waals surface area contributed by atoms with Crippen molar-refractivity contribution < 1.29 is 17.9 Å². The molecular weight excluding hydrogens is 388 g/mol. The third-order valence-electron chi connectivity index (χ3n) is 5.28. The third kappa shape index (κ3) is 4.79. The largest absolute Gasteiger partial charge is 0.496 e. The summed E-state index contributed by atoms with van der Waals surface area (Å²) >= 11 is 0. The van der Waals surface area contributed by atoms with Crippen molar-refractivity contribution >= 4 is 15.9 Å². The maximum Gasteiger partial charge on any atom is 0.255 e. The van der Waals surface area contributed by atoms with Crippen LogP contribution in [0.4, 0.5) is 0 Å². The van der Waals surface area contributed by atoms with Crippen molar-refractivity contribution in [2.75, 3.05) is 20.2 Å². The second kappa shape index (κ2) is 9.41.